The standard InChI is InChI=1S/C18H21ClFNO2/c1-22-11-5-10-21-12-14-6-2-3-9-18(14)23-13-15-16(19)7-4-8-17(15)20/h2-4,6-9,21H,5,10-13H2,1H3. The average Bonchev–Trinajstić information content (AvgIpc) is 2.55. The molecule has 2 aromatic carbocycles. The van der Waals surface area contributed by atoms with Crippen LogP contribution in [0.1, 0.15) is 17.5 Å². The molecular formula is C18H21ClFNO2. The molecule has 0 fully saturated rings. The molecule has 2 aromatic rings. The van der Waals surface area contributed by atoms with Crippen molar-refractivity contribution in [2.45, 2.75) is 19.6 Å². The Morgan fingerprint density at radius 3 is 2.74 bits per heavy atom. The fourth-order valence-electron chi connectivity index (χ4n) is 2.18. The van der Waals surface area contributed by atoms with Gasteiger partial charge >= 0.3 is 0 Å². The maximum Gasteiger partial charge on any atom is 0.131 e. The zero-order valence-electron chi connectivity index (χ0n) is 13.1. The second kappa shape index (κ2) is 9.50. The molecule has 0 aromatic heterocycles. The van der Waals surface area contributed by atoms with Crippen LogP contribution in [0.25, 0.3) is 0 Å². The zero-order valence-corrected chi connectivity index (χ0v) is 13.9. The van der Waals surface area contributed by atoms with Crippen LogP contribution in [0.4, 0.5) is 4.39 Å². The summed E-state index contributed by atoms with van der Waals surface area (Å²) < 4.78 is 24.6. The first-order chi connectivity index (χ1) is 11.2. The van der Waals surface area contributed by atoms with Gasteiger partial charge in [-0.05, 0) is 31.2 Å². The molecule has 3 nitrogen and oxygen atoms in total. The quantitative estimate of drug-likeness (QED) is 0.696. The highest BCUT2D eigenvalue weighted by Gasteiger charge is 2.09. The van der Waals surface area contributed by atoms with E-state index in [9.17, 15) is 4.39 Å². The number of ether oxygens (including phenoxy) is 2. The van der Waals surface area contributed by atoms with E-state index in [2.05, 4.69) is 5.32 Å². The Kier molecular flexibility index (Phi) is 7.33. The lowest BCUT2D eigenvalue weighted by molar-refractivity contribution is 0.194. The Labute approximate surface area is 141 Å². The van der Waals surface area contributed by atoms with Crippen LogP contribution in [0.2, 0.25) is 5.02 Å². The summed E-state index contributed by atoms with van der Waals surface area (Å²) in [6.07, 6.45) is 0.949. The summed E-state index contributed by atoms with van der Waals surface area (Å²) in [7, 11) is 1.69. The third kappa shape index (κ3) is 5.50. The Morgan fingerprint density at radius 2 is 1.96 bits per heavy atom. The third-order valence-corrected chi connectivity index (χ3v) is 3.78. The molecule has 0 unspecified atom stereocenters. The summed E-state index contributed by atoms with van der Waals surface area (Å²) in [5.41, 5.74) is 1.40. The van der Waals surface area contributed by atoms with Crippen molar-refractivity contribution in [2.75, 3.05) is 20.3 Å². The van der Waals surface area contributed by atoms with E-state index >= 15 is 0 Å². The molecule has 0 aliphatic carbocycles. The molecule has 0 atom stereocenters. The molecule has 124 valence electrons. The molecule has 0 aliphatic rings. The van der Waals surface area contributed by atoms with E-state index in [-0.39, 0.29) is 12.4 Å². The fourth-order valence-corrected chi connectivity index (χ4v) is 2.39. The Morgan fingerprint density at radius 1 is 1.13 bits per heavy atom. The Balaban J connectivity index is 1.95. The molecule has 0 bridgehead atoms. The van der Waals surface area contributed by atoms with Gasteiger partial charge in [0.2, 0.25) is 0 Å². The minimum atomic E-state index is -0.354. The molecule has 0 amide bonds. The highest BCUT2D eigenvalue weighted by atomic mass is 35.5. The van der Waals surface area contributed by atoms with Crippen LogP contribution in [0.15, 0.2) is 42.5 Å². The SMILES string of the molecule is COCCCNCc1ccccc1OCc1c(F)cccc1Cl. The van der Waals surface area contributed by atoms with Gasteiger partial charge in [-0.2, -0.15) is 0 Å². The van der Waals surface area contributed by atoms with Gasteiger partial charge in [0.05, 0.1) is 5.02 Å². The highest BCUT2D eigenvalue weighted by molar-refractivity contribution is 6.31. The smallest absolute Gasteiger partial charge is 0.131 e. The van der Waals surface area contributed by atoms with Gasteiger partial charge < -0.3 is 14.8 Å². The van der Waals surface area contributed by atoms with Gasteiger partial charge in [0, 0.05) is 31.4 Å². The maximum atomic E-state index is 13.8. The van der Waals surface area contributed by atoms with Crippen LogP contribution in [0, 0.1) is 5.82 Å². The van der Waals surface area contributed by atoms with E-state index in [1.54, 1.807) is 19.2 Å². The number of rotatable bonds is 9. The number of halogens is 2. The second-order valence-electron chi connectivity index (χ2n) is 5.12. The summed E-state index contributed by atoms with van der Waals surface area (Å²) in [5, 5.41) is 3.71. The Bertz CT molecular complexity index is 601. The van der Waals surface area contributed by atoms with Crippen molar-refractivity contribution < 1.29 is 13.9 Å². The van der Waals surface area contributed by atoms with Crippen molar-refractivity contribution in [3.63, 3.8) is 0 Å². The van der Waals surface area contributed by atoms with E-state index in [0.717, 1.165) is 30.9 Å². The molecular weight excluding hydrogens is 317 g/mol. The lowest BCUT2D eigenvalue weighted by Gasteiger charge is -2.13. The van der Waals surface area contributed by atoms with Crippen molar-refractivity contribution in [1.29, 1.82) is 0 Å². The lowest BCUT2D eigenvalue weighted by Crippen LogP contribution is -2.16. The van der Waals surface area contributed by atoms with E-state index in [1.807, 2.05) is 24.3 Å². The second-order valence-corrected chi connectivity index (χ2v) is 5.53. The van der Waals surface area contributed by atoms with E-state index in [1.165, 1.54) is 6.07 Å². The third-order valence-electron chi connectivity index (χ3n) is 3.42. The van der Waals surface area contributed by atoms with Gasteiger partial charge in [0.25, 0.3) is 0 Å². The van der Waals surface area contributed by atoms with Crippen molar-refractivity contribution in [2.24, 2.45) is 0 Å². The fraction of sp³-hybridized carbons (Fsp3) is 0.333. The predicted molar refractivity (Wildman–Crippen MR) is 90.4 cm³/mol. The number of methoxy groups -OCH3 is 1. The van der Waals surface area contributed by atoms with Crippen molar-refractivity contribution in [1.82, 2.24) is 5.32 Å². The summed E-state index contributed by atoms with van der Waals surface area (Å²) in [5.74, 6) is 0.374. The molecule has 0 heterocycles. The number of hydrogen-bond acceptors (Lipinski definition) is 3. The van der Waals surface area contributed by atoms with Gasteiger partial charge in [-0.3, -0.25) is 0 Å². The van der Waals surface area contributed by atoms with Crippen LogP contribution < -0.4 is 10.1 Å². The van der Waals surface area contributed by atoms with E-state index < -0.39 is 0 Å². The minimum absolute atomic E-state index is 0.103. The molecule has 0 saturated carbocycles. The number of nitrogens with one attached hydrogen (secondary N) is 1. The minimum Gasteiger partial charge on any atom is -0.488 e. The van der Waals surface area contributed by atoms with Crippen LogP contribution in [-0.2, 0) is 17.9 Å². The van der Waals surface area contributed by atoms with Crippen molar-refractivity contribution in [3.8, 4) is 5.75 Å². The predicted octanol–water partition coefficient (Wildman–Crippen LogP) is 4.18. The van der Waals surface area contributed by atoms with Gasteiger partial charge in [-0.1, -0.05) is 35.9 Å². The summed E-state index contributed by atoms with van der Waals surface area (Å²) >= 11 is 6.02. The molecule has 2 rings (SSSR count). The number of benzene rings is 2. The average molecular weight is 338 g/mol. The van der Waals surface area contributed by atoms with Gasteiger partial charge in [-0.15, -0.1) is 0 Å². The highest BCUT2D eigenvalue weighted by Crippen LogP contribution is 2.23. The topological polar surface area (TPSA) is 30.5 Å². The van der Waals surface area contributed by atoms with E-state index in [4.69, 9.17) is 21.1 Å². The maximum absolute atomic E-state index is 13.8. The van der Waals surface area contributed by atoms with Gasteiger partial charge in [-0.25, -0.2) is 4.39 Å². The van der Waals surface area contributed by atoms with Gasteiger partial charge in [0.1, 0.15) is 18.2 Å². The van der Waals surface area contributed by atoms with Crippen LogP contribution in [0.5, 0.6) is 5.75 Å². The molecule has 5 heteroatoms. The van der Waals surface area contributed by atoms with Crippen LogP contribution >= 0.6 is 11.6 Å². The number of hydrogen-bond donors (Lipinski definition) is 1. The normalized spacial score (nSPS) is 10.7. The largest absolute Gasteiger partial charge is 0.488 e. The summed E-state index contributed by atoms with van der Waals surface area (Å²) in [4.78, 5) is 0. The molecule has 0 spiro atoms. The van der Waals surface area contributed by atoms with Crippen molar-refractivity contribution in [3.05, 3.63) is 64.4 Å². The van der Waals surface area contributed by atoms with Crippen LogP contribution in [0.3, 0.4) is 0 Å². The molecule has 0 radical (unpaired) electrons. The number of para-hydroxylation sites is 1. The first-order valence-corrected chi connectivity index (χ1v) is 7.93. The summed E-state index contributed by atoms with van der Waals surface area (Å²) in [6.45, 7) is 2.38. The van der Waals surface area contributed by atoms with E-state index in [0.29, 0.717) is 17.1 Å². The Hall–Kier alpha value is -1.62. The van der Waals surface area contributed by atoms with Gasteiger partial charge in [0.15, 0.2) is 0 Å². The van der Waals surface area contributed by atoms with Crippen molar-refractivity contribution >= 4 is 11.6 Å². The first-order valence-electron chi connectivity index (χ1n) is 7.55. The molecule has 23 heavy (non-hydrogen) atoms. The lowest BCUT2D eigenvalue weighted by atomic mass is 10.2. The molecule has 0 aliphatic heterocycles. The summed E-state index contributed by atoms with van der Waals surface area (Å²) in [6, 6.07) is 12.3. The molecule has 0 saturated heterocycles. The monoisotopic (exact) mass is 337 g/mol. The first kappa shape index (κ1) is 17.7. The van der Waals surface area contributed by atoms with Crippen LogP contribution in [-0.4, -0.2) is 20.3 Å². The zero-order chi connectivity index (χ0) is 16.5. The molecule has 1 N–H and O–H groups in total.